The van der Waals surface area contributed by atoms with Crippen LogP contribution in [0, 0.1) is 0 Å². The Kier molecular flexibility index (Phi) is 5.52. The zero-order valence-corrected chi connectivity index (χ0v) is 13.7. The van der Waals surface area contributed by atoms with Gasteiger partial charge in [-0.15, -0.1) is 10.2 Å². The lowest BCUT2D eigenvalue weighted by Gasteiger charge is -2.11. The number of aromatic nitrogens is 2. The molecule has 2 aromatic rings. The summed E-state index contributed by atoms with van der Waals surface area (Å²) in [6, 6.07) is 6.00. The SMILES string of the molecule is CCNC(CC)c1nnc(-c2cc(OC)cc(OC)c2)s1. The Morgan fingerprint density at radius 3 is 2.29 bits per heavy atom. The molecule has 1 aromatic heterocycles. The van der Waals surface area contributed by atoms with Crippen LogP contribution < -0.4 is 14.8 Å². The molecule has 1 heterocycles. The van der Waals surface area contributed by atoms with Crippen molar-refractivity contribution in [3.05, 3.63) is 23.2 Å². The molecular formula is C15H21N3O2S. The highest BCUT2D eigenvalue weighted by molar-refractivity contribution is 7.14. The van der Waals surface area contributed by atoms with Crippen LogP contribution in [0.4, 0.5) is 0 Å². The Hall–Kier alpha value is -1.66. The Morgan fingerprint density at radius 2 is 1.76 bits per heavy atom. The van der Waals surface area contributed by atoms with Crippen LogP contribution in [0.2, 0.25) is 0 Å². The van der Waals surface area contributed by atoms with Crippen molar-refractivity contribution in [2.24, 2.45) is 0 Å². The van der Waals surface area contributed by atoms with Crippen LogP contribution in [0.3, 0.4) is 0 Å². The summed E-state index contributed by atoms with van der Waals surface area (Å²) in [5.74, 6) is 1.50. The van der Waals surface area contributed by atoms with Crippen LogP contribution in [-0.4, -0.2) is 31.0 Å². The van der Waals surface area contributed by atoms with Gasteiger partial charge in [0.1, 0.15) is 21.5 Å². The second-order valence-corrected chi connectivity index (χ2v) is 5.57. The third kappa shape index (κ3) is 3.71. The zero-order chi connectivity index (χ0) is 15.2. The maximum absolute atomic E-state index is 5.30. The van der Waals surface area contributed by atoms with Crippen LogP contribution in [0.25, 0.3) is 10.6 Å². The fraction of sp³-hybridized carbons (Fsp3) is 0.467. The summed E-state index contributed by atoms with van der Waals surface area (Å²) in [7, 11) is 3.28. The number of nitrogens with one attached hydrogen (secondary N) is 1. The Labute approximate surface area is 129 Å². The van der Waals surface area contributed by atoms with Crippen LogP contribution in [0.1, 0.15) is 31.3 Å². The normalized spacial score (nSPS) is 12.2. The van der Waals surface area contributed by atoms with Gasteiger partial charge in [-0.05, 0) is 25.1 Å². The molecule has 0 radical (unpaired) electrons. The van der Waals surface area contributed by atoms with Crippen LogP contribution >= 0.6 is 11.3 Å². The number of hydrogen-bond acceptors (Lipinski definition) is 6. The van der Waals surface area contributed by atoms with Gasteiger partial charge in [-0.1, -0.05) is 25.2 Å². The number of methoxy groups -OCH3 is 2. The fourth-order valence-corrected chi connectivity index (χ4v) is 3.06. The smallest absolute Gasteiger partial charge is 0.148 e. The van der Waals surface area contributed by atoms with E-state index in [4.69, 9.17) is 9.47 Å². The van der Waals surface area contributed by atoms with Gasteiger partial charge in [0.15, 0.2) is 0 Å². The van der Waals surface area contributed by atoms with E-state index in [1.165, 1.54) is 0 Å². The zero-order valence-electron chi connectivity index (χ0n) is 12.8. The summed E-state index contributed by atoms with van der Waals surface area (Å²) in [6.45, 7) is 5.15. The molecule has 2 rings (SSSR count). The molecular weight excluding hydrogens is 286 g/mol. The second-order valence-electron chi connectivity index (χ2n) is 4.57. The van der Waals surface area contributed by atoms with Crippen molar-refractivity contribution < 1.29 is 9.47 Å². The Morgan fingerprint density at radius 1 is 1.10 bits per heavy atom. The van der Waals surface area contributed by atoms with Crippen molar-refractivity contribution in [3.63, 3.8) is 0 Å². The molecule has 1 unspecified atom stereocenters. The van der Waals surface area contributed by atoms with Gasteiger partial charge in [0.25, 0.3) is 0 Å². The van der Waals surface area contributed by atoms with Gasteiger partial charge in [-0.25, -0.2) is 0 Å². The number of hydrogen-bond donors (Lipinski definition) is 1. The lowest BCUT2D eigenvalue weighted by molar-refractivity contribution is 0.394. The minimum Gasteiger partial charge on any atom is -0.497 e. The lowest BCUT2D eigenvalue weighted by atomic mass is 10.2. The lowest BCUT2D eigenvalue weighted by Crippen LogP contribution is -2.19. The van der Waals surface area contributed by atoms with Crippen molar-refractivity contribution in [1.29, 1.82) is 0 Å². The first kappa shape index (κ1) is 15.7. The van der Waals surface area contributed by atoms with E-state index in [0.717, 1.165) is 40.0 Å². The van der Waals surface area contributed by atoms with Crippen LogP contribution in [-0.2, 0) is 0 Å². The number of benzene rings is 1. The van der Waals surface area contributed by atoms with E-state index in [1.54, 1.807) is 25.6 Å². The highest BCUT2D eigenvalue weighted by Gasteiger charge is 2.15. The van der Waals surface area contributed by atoms with Crippen molar-refractivity contribution in [2.75, 3.05) is 20.8 Å². The highest BCUT2D eigenvalue weighted by Crippen LogP contribution is 2.33. The predicted octanol–water partition coefficient (Wildman–Crippen LogP) is 3.28. The highest BCUT2D eigenvalue weighted by atomic mass is 32.1. The molecule has 0 aliphatic heterocycles. The standard InChI is InChI=1S/C15H21N3O2S/c1-5-13(16-6-2)15-18-17-14(21-15)10-7-11(19-3)9-12(8-10)20-4/h7-9,13,16H,5-6H2,1-4H3. The number of ether oxygens (including phenoxy) is 2. The van der Waals surface area contributed by atoms with Gasteiger partial charge >= 0.3 is 0 Å². The largest absolute Gasteiger partial charge is 0.497 e. The maximum atomic E-state index is 5.30. The molecule has 1 aromatic carbocycles. The summed E-state index contributed by atoms with van der Waals surface area (Å²) in [6.07, 6.45) is 0.990. The van der Waals surface area contributed by atoms with Gasteiger partial charge in [-0.3, -0.25) is 0 Å². The van der Waals surface area contributed by atoms with Crippen molar-refractivity contribution in [1.82, 2.24) is 15.5 Å². The molecule has 0 saturated carbocycles. The van der Waals surface area contributed by atoms with E-state index in [-0.39, 0.29) is 6.04 Å². The van der Waals surface area contributed by atoms with E-state index in [9.17, 15) is 0 Å². The topological polar surface area (TPSA) is 56.3 Å². The summed E-state index contributed by atoms with van der Waals surface area (Å²) in [5.41, 5.74) is 0.960. The molecule has 0 aliphatic carbocycles. The van der Waals surface area contributed by atoms with Gasteiger partial charge in [0.2, 0.25) is 0 Å². The third-order valence-electron chi connectivity index (χ3n) is 3.20. The molecule has 1 N–H and O–H groups in total. The summed E-state index contributed by atoms with van der Waals surface area (Å²) in [5, 5.41) is 13.9. The van der Waals surface area contributed by atoms with E-state index in [1.807, 2.05) is 18.2 Å². The average Bonchev–Trinajstić information content (AvgIpc) is 3.01. The molecule has 0 spiro atoms. The molecule has 21 heavy (non-hydrogen) atoms. The number of nitrogens with zero attached hydrogens (tertiary/aromatic N) is 2. The molecule has 114 valence electrons. The summed E-state index contributed by atoms with van der Waals surface area (Å²) in [4.78, 5) is 0. The van der Waals surface area contributed by atoms with Gasteiger partial charge in [0, 0.05) is 11.6 Å². The monoisotopic (exact) mass is 307 g/mol. The summed E-state index contributed by atoms with van der Waals surface area (Å²) < 4.78 is 10.6. The maximum Gasteiger partial charge on any atom is 0.148 e. The molecule has 0 bridgehead atoms. The number of rotatable bonds is 7. The molecule has 0 fully saturated rings. The van der Waals surface area contributed by atoms with E-state index >= 15 is 0 Å². The minimum atomic E-state index is 0.258. The second kappa shape index (κ2) is 7.38. The van der Waals surface area contributed by atoms with Crippen LogP contribution in [0.5, 0.6) is 11.5 Å². The van der Waals surface area contributed by atoms with E-state index in [0.29, 0.717) is 0 Å². The van der Waals surface area contributed by atoms with Crippen molar-refractivity contribution in [3.8, 4) is 22.1 Å². The molecule has 0 aliphatic rings. The minimum absolute atomic E-state index is 0.258. The molecule has 5 nitrogen and oxygen atoms in total. The van der Waals surface area contributed by atoms with Gasteiger partial charge in [-0.2, -0.15) is 0 Å². The first-order chi connectivity index (χ1) is 10.2. The Bertz CT molecular complexity index is 564. The molecule has 0 saturated heterocycles. The van der Waals surface area contributed by atoms with Crippen molar-refractivity contribution in [2.45, 2.75) is 26.3 Å². The Balaban J connectivity index is 2.32. The third-order valence-corrected chi connectivity index (χ3v) is 4.28. The van der Waals surface area contributed by atoms with E-state index < -0.39 is 0 Å². The van der Waals surface area contributed by atoms with Crippen molar-refractivity contribution >= 4 is 11.3 Å². The fourth-order valence-electron chi connectivity index (χ4n) is 2.08. The molecule has 6 heteroatoms. The van der Waals surface area contributed by atoms with Gasteiger partial charge in [0.05, 0.1) is 20.3 Å². The quantitative estimate of drug-likeness (QED) is 0.850. The summed E-state index contributed by atoms with van der Waals surface area (Å²) >= 11 is 1.60. The average molecular weight is 307 g/mol. The van der Waals surface area contributed by atoms with Crippen LogP contribution in [0.15, 0.2) is 18.2 Å². The first-order valence-corrected chi connectivity index (χ1v) is 7.83. The molecule has 1 atom stereocenters. The predicted molar refractivity (Wildman–Crippen MR) is 85.2 cm³/mol. The van der Waals surface area contributed by atoms with E-state index in [2.05, 4.69) is 29.4 Å². The first-order valence-electron chi connectivity index (χ1n) is 7.02. The van der Waals surface area contributed by atoms with Gasteiger partial charge < -0.3 is 14.8 Å². The molecule has 0 amide bonds.